The molecular formula is C37H40O6. The fourth-order valence-electron chi connectivity index (χ4n) is 9.59. The first-order valence-corrected chi connectivity index (χ1v) is 15.2. The Balaban J connectivity index is 1.61. The second kappa shape index (κ2) is 9.12. The van der Waals surface area contributed by atoms with Crippen molar-refractivity contribution in [2.24, 2.45) is 28.6 Å². The van der Waals surface area contributed by atoms with Gasteiger partial charge < -0.3 is 15.3 Å². The molecule has 6 heteroatoms. The van der Waals surface area contributed by atoms with E-state index in [1.165, 1.54) is 6.92 Å². The predicted octanol–water partition coefficient (Wildman–Crippen LogP) is 6.60. The molecule has 0 saturated heterocycles. The lowest BCUT2D eigenvalue weighted by Gasteiger charge is -2.65. The zero-order valence-electron chi connectivity index (χ0n) is 26.1. The van der Waals surface area contributed by atoms with Crippen LogP contribution in [-0.2, 0) is 20.8 Å². The van der Waals surface area contributed by atoms with Crippen molar-refractivity contribution in [3.63, 3.8) is 0 Å². The molecule has 0 radical (unpaired) electrons. The maximum absolute atomic E-state index is 14.8. The number of fused-ring (bicyclic) bond motifs is 4. The second-order valence-electron chi connectivity index (χ2n) is 13.9. The van der Waals surface area contributed by atoms with Crippen molar-refractivity contribution in [3.05, 3.63) is 80.9 Å². The molecule has 6 rings (SSSR count). The molecule has 4 aliphatic rings. The lowest BCUT2D eigenvalue weighted by molar-refractivity contribution is -0.194. The fourth-order valence-corrected chi connectivity index (χ4v) is 9.59. The molecule has 6 nitrogen and oxygen atoms in total. The van der Waals surface area contributed by atoms with E-state index in [0.29, 0.717) is 23.1 Å². The van der Waals surface area contributed by atoms with Crippen LogP contribution in [-0.4, -0.2) is 38.3 Å². The first kappa shape index (κ1) is 29.3. The average Bonchev–Trinajstić information content (AvgIpc) is 3.37. The van der Waals surface area contributed by atoms with Crippen LogP contribution < -0.4 is 0 Å². The van der Waals surface area contributed by atoms with Crippen LogP contribution in [0.25, 0.3) is 17.4 Å². The van der Waals surface area contributed by atoms with E-state index >= 15 is 0 Å². The smallest absolute Gasteiger partial charge is 0.206 e. The molecule has 0 aromatic heterocycles. The monoisotopic (exact) mass is 580 g/mol. The van der Waals surface area contributed by atoms with E-state index in [4.69, 9.17) is 0 Å². The molecule has 0 unspecified atom stereocenters. The fraction of sp³-hybridized carbons (Fsp3) is 0.432. The summed E-state index contributed by atoms with van der Waals surface area (Å²) in [4.78, 5) is 41.8. The highest BCUT2D eigenvalue weighted by Crippen LogP contribution is 2.70. The number of allylic oxidation sites excluding steroid dienone is 2. The highest BCUT2D eigenvalue weighted by atomic mass is 16.3. The summed E-state index contributed by atoms with van der Waals surface area (Å²) in [5.41, 5.74) is 0.0817. The number of hydrogen-bond acceptors (Lipinski definition) is 6. The molecule has 3 N–H and O–H groups in total. The topological polar surface area (TPSA) is 112 Å². The number of phenols is 1. The average molecular weight is 581 g/mol. The van der Waals surface area contributed by atoms with Gasteiger partial charge in [0.2, 0.25) is 11.6 Å². The molecule has 2 aromatic carbocycles. The molecule has 2 aromatic rings. The molecule has 4 aliphatic carbocycles. The maximum Gasteiger partial charge on any atom is 0.206 e. The number of aromatic hydroxyl groups is 1. The van der Waals surface area contributed by atoms with Gasteiger partial charge in [0.05, 0.1) is 11.1 Å². The number of benzene rings is 2. The van der Waals surface area contributed by atoms with Gasteiger partial charge in [0.1, 0.15) is 11.5 Å². The van der Waals surface area contributed by atoms with E-state index in [1.807, 2.05) is 77.1 Å². The van der Waals surface area contributed by atoms with Crippen molar-refractivity contribution in [2.45, 2.75) is 73.3 Å². The van der Waals surface area contributed by atoms with Crippen molar-refractivity contribution < 1.29 is 29.7 Å². The summed E-state index contributed by atoms with van der Waals surface area (Å²) in [6, 6.07) is 11.8. The van der Waals surface area contributed by atoms with Gasteiger partial charge in [-0.25, -0.2) is 0 Å². The van der Waals surface area contributed by atoms with E-state index < -0.39 is 51.4 Å². The number of rotatable bonds is 3. The van der Waals surface area contributed by atoms with Gasteiger partial charge in [-0.2, -0.15) is 0 Å². The first-order chi connectivity index (χ1) is 20.1. The van der Waals surface area contributed by atoms with E-state index in [2.05, 4.69) is 0 Å². The van der Waals surface area contributed by atoms with Gasteiger partial charge in [0, 0.05) is 22.0 Å². The summed E-state index contributed by atoms with van der Waals surface area (Å²) >= 11 is 0. The Morgan fingerprint density at radius 1 is 1.00 bits per heavy atom. The van der Waals surface area contributed by atoms with E-state index in [9.17, 15) is 29.7 Å². The van der Waals surface area contributed by atoms with Crippen molar-refractivity contribution in [2.75, 3.05) is 0 Å². The number of ketones is 3. The summed E-state index contributed by atoms with van der Waals surface area (Å²) < 4.78 is 0. The van der Waals surface area contributed by atoms with Gasteiger partial charge in [-0.15, -0.1) is 0 Å². The number of Topliss-reactive ketones (excluding diaryl/α,β-unsaturated/α-hetero) is 3. The maximum atomic E-state index is 14.8. The van der Waals surface area contributed by atoms with Crippen molar-refractivity contribution in [1.82, 2.24) is 0 Å². The Hall–Kier alpha value is -3.77. The van der Waals surface area contributed by atoms with Gasteiger partial charge in [-0.3, -0.25) is 14.4 Å². The van der Waals surface area contributed by atoms with Crippen molar-refractivity contribution in [3.8, 4) is 5.75 Å². The first-order valence-electron chi connectivity index (χ1n) is 15.2. The molecule has 0 heterocycles. The normalized spacial score (nSPS) is 33.3. The summed E-state index contributed by atoms with van der Waals surface area (Å²) in [6.45, 7) is 14.6. The second-order valence-corrected chi connectivity index (χ2v) is 13.9. The van der Waals surface area contributed by atoms with E-state index in [-0.39, 0.29) is 34.3 Å². The molecule has 224 valence electrons. The third-order valence-corrected chi connectivity index (χ3v) is 11.9. The third-order valence-electron chi connectivity index (χ3n) is 11.9. The van der Waals surface area contributed by atoms with Gasteiger partial charge in [0.15, 0.2) is 11.4 Å². The largest absolute Gasteiger partial charge is 0.507 e. The molecular weight excluding hydrogens is 540 g/mol. The Bertz CT molecular complexity index is 1750. The minimum absolute atomic E-state index is 0.0607. The zero-order valence-corrected chi connectivity index (χ0v) is 26.1. The zero-order chi connectivity index (χ0) is 31.5. The molecule has 6 atom stereocenters. The predicted molar refractivity (Wildman–Crippen MR) is 166 cm³/mol. The van der Waals surface area contributed by atoms with Crippen LogP contribution in [0.3, 0.4) is 0 Å². The molecule has 0 aliphatic heterocycles. The van der Waals surface area contributed by atoms with Crippen LogP contribution >= 0.6 is 0 Å². The Morgan fingerprint density at radius 3 is 2.26 bits per heavy atom. The van der Waals surface area contributed by atoms with Gasteiger partial charge in [-0.1, -0.05) is 89.6 Å². The highest BCUT2D eigenvalue weighted by Gasteiger charge is 2.75. The van der Waals surface area contributed by atoms with Gasteiger partial charge in [0.25, 0.3) is 0 Å². The van der Waals surface area contributed by atoms with Crippen LogP contribution in [0, 0.1) is 28.6 Å². The standard InChI is InChI=1S/C37H40O6/c1-17(2)29-18(3)27(20(5)38)33(41)37(43)34(42)30-32(40)28-25(19(4)35(30,7)21(6)36(29,37)8)13-14-26(31(28)39)24-15-22-11-9-10-12-23(22)16-24/h9-15,17,19,21,29,39-40,43H,16H2,1-8H3/t19-,21-,29+,35-,36-,37+/m0/s1. The van der Waals surface area contributed by atoms with Gasteiger partial charge >= 0.3 is 0 Å². The quantitative estimate of drug-likeness (QED) is 0.279. The molecule has 1 fully saturated rings. The number of phenolic OH excluding ortho intramolecular Hbond substituents is 1. The number of carbonyl (C=O) groups is 3. The van der Waals surface area contributed by atoms with Crippen LogP contribution in [0.4, 0.5) is 0 Å². The SMILES string of the molecule is CC(=O)C1=C(C)[C@@H](C(C)C)[C@]2(C)[C@@H](C)[C@@]3(C)C(=C(O)c4c(ccc(C5=Cc6ccccc6C5)c4O)[C@@H]3C)C(=O)[C@]2(O)C1=O. The van der Waals surface area contributed by atoms with Gasteiger partial charge in [-0.05, 0) is 66.2 Å². The summed E-state index contributed by atoms with van der Waals surface area (Å²) in [5.74, 6) is -4.22. The summed E-state index contributed by atoms with van der Waals surface area (Å²) in [6.07, 6.45) is 2.63. The Kier molecular flexibility index (Phi) is 6.22. The third kappa shape index (κ3) is 3.30. The molecule has 0 amide bonds. The lowest BCUT2D eigenvalue weighted by Crippen LogP contribution is -2.74. The molecule has 0 bridgehead atoms. The number of hydrogen-bond donors (Lipinski definition) is 3. The Morgan fingerprint density at radius 2 is 1.65 bits per heavy atom. The number of aliphatic hydroxyl groups excluding tert-OH is 1. The minimum Gasteiger partial charge on any atom is -0.507 e. The van der Waals surface area contributed by atoms with Crippen molar-refractivity contribution in [1.29, 1.82) is 0 Å². The van der Waals surface area contributed by atoms with Crippen LogP contribution in [0.15, 0.2) is 53.1 Å². The summed E-state index contributed by atoms with van der Waals surface area (Å²) in [5, 5.41) is 36.2. The van der Waals surface area contributed by atoms with Crippen LogP contribution in [0.2, 0.25) is 0 Å². The number of carbonyl (C=O) groups excluding carboxylic acids is 3. The van der Waals surface area contributed by atoms with Crippen molar-refractivity contribution >= 4 is 34.8 Å². The number of aliphatic hydroxyl groups is 2. The minimum atomic E-state index is -2.56. The molecule has 0 spiro atoms. The van der Waals surface area contributed by atoms with Crippen LogP contribution in [0.1, 0.15) is 89.1 Å². The Labute approximate surface area is 252 Å². The van der Waals surface area contributed by atoms with E-state index in [0.717, 1.165) is 16.7 Å². The summed E-state index contributed by atoms with van der Waals surface area (Å²) in [7, 11) is 0. The van der Waals surface area contributed by atoms with Crippen LogP contribution in [0.5, 0.6) is 5.75 Å². The molecule has 43 heavy (non-hydrogen) atoms. The highest BCUT2D eigenvalue weighted by molar-refractivity contribution is 6.33. The molecule has 1 saturated carbocycles. The van der Waals surface area contributed by atoms with E-state index in [1.54, 1.807) is 13.8 Å². The lowest BCUT2D eigenvalue weighted by atomic mass is 9.37.